The predicted octanol–water partition coefficient (Wildman–Crippen LogP) is 3.87. The summed E-state index contributed by atoms with van der Waals surface area (Å²) in [5, 5.41) is 0.552. The van der Waals surface area contributed by atoms with Crippen LogP contribution in [0.1, 0.15) is 29.3 Å². The zero-order chi connectivity index (χ0) is 24.5. The third-order valence-corrected chi connectivity index (χ3v) is 6.90. The van der Waals surface area contributed by atoms with Gasteiger partial charge in [0.05, 0.1) is 47.6 Å². The van der Waals surface area contributed by atoms with Gasteiger partial charge in [-0.15, -0.1) is 0 Å². The maximum atomic E-state index is 15.1. The number of fused-ring (bicyclic) bond motifs is 1. The fraction of sp³-hybridized carbons (Fsp3) is 0.304. The predicted molar refractivity (Wildman–Crippen MR) is 122 cm³/mol. The number of ketones is 1. The molecule has 1 aromatic heterocycles. The highest BCUT2D eigenvalue weighted by atomic mass is 32.2. The first-order valence-corrected chi connectivity index (χ1v) is 12.3. The Kier molecular flexibility index (Phi) is 6.76. The summed E-state index contributed by atoms with van der Waals surface area (Å²) < 4.78 is 75.1. The number of morpholine rings is 1. The van der Waals surface area contributed by atoms with E-state index in [9.17, 15) is 22.0 Å². The van der Waals surface area contributed by atoms with E-state index in [0.717, 1.165) is 5.69 Å². The highest BCUT2D eigenvalue weighted by Crippen LogP contribution is 2.29. The summed E-state index contributed by atoms with van der Waals surface area (Å²) in [6.07, 6.45) is 1.92. The summed E-state index contributed by atoms with van der Waals surface area (Å²) in [5.74, 6) is -6.19. The van der Waals surface area contributed by atoms with Crippen molar-refractivity contribution in [1.82, 2.24) is 4.98 Å². The minimum absolute atomic E-state index is 0.0980. The molecule has 1 saturated heterocycles. The summed E-state index contributed by atoms with van der Waals surface area (Å²) in [5.41, 5.74) is -0.740. The lowest BCUT2D eigenvalue weighted by atomic mass is 9.99. The molecular formula is C23H22F3N3O4S. The van der Waals surface area contributed by atoms with Gasteiger partial charge in [-0.05, 0) is 30.7 Å². The molecule has 0 radical (unpaired) electrons. The van der Waals surface area contributed by atoms with Crippen molar-refractivity contribution < 1.29 is 31.1 Å². The first-order valence-electron chi connectivity index (χ1n) is 10.7. The van der Waals surface area contributed by atoms with Crippen LogP contribution in [0.3, 0.4) is 0 Å². The molecule has 0 bridgehead atoms. The van der Waals surface area contributed by atoms with Crippen molar-refractivity contribution >= 4 is 38.1 Å². The van der Waals surface area contributed by atoms with Crippen LogP contribution in [-0.4, -0.2) is 51.2 Å². The molecule has 0 spiro atoms. The number of ether oxygens (including phenoxy) is 1. The Hall–Kier alpha value is -3.18. The van der Waals surface area contributed by atoms with Gasteiger partial charge in [0.25, 0.3) is 0 Å². The molecular weight excluding hydrogens is 471 g/mol. The number of aromatic nitrogens is 1. The molecule has 1 aliphatic rings. The van der Waals surface area contributed by atoms with Gasteiger partial charge >= 0.3 is 0 Å². The van der Waals surface area contributed by atoms with Crippen molar-refractivity contribution in [3.05, 3.63) is 65.1 Å². The van der Waals surface area contributed by atoms with Gasteiger partial charge in [0.2, 0.25) is 10.0 Å². The van der Waals surface area contributed by atoms with Crippen LogP contribution in [0, 0.1) is 17.5 Å². The van der Waals surface area contributed by atoms with Gasteiger partial charge < -0.3 is 9.64 Å². The highest BCUT2D eigenvalue weighted by molar-refractivity contribution is 7.92. The van der Waals surface area contributed by atoms with Crippen LogP contribution in [0.15, 0.2) is 36.5 Å². The van der Waals surface area contributed by atoms with Gasteiger partial charge in [0.15, 0.2) is 23.2 Å². The lowest BCUT2D eigenvalue weighted by Crippen LogP contribution is -2.36. The standard InChI is InChI=1S/C23H22F3N3O4S/c1-2-9-34(31,32)28-19-12-17(24)21(25)20(22(19)26)23(30)14-3-4-18-15(10-14)11-16(13-27-18)29-5-7-33-8-6-29/h3-4,10-13,28H,2,5-9H2,1H3. The second-order valence-corrected chi connectivity index (χ2v) is 9.70. The van der Waals surface area contributed by atoms with E-state index >= 15 is 4.39 Å². The Balaban J connectivity index is 1.73. The number of carbonyl (C=O) groups is 1. The van der Waals surface area contributed by atoms with Crippen molar-refractivity contribution in [3.8, 4) is 0 Å². The maximum Gasteiger partial charge on any atom is 0.232 e. The third-order valence-electron chi connectivity index (χ3n) is 5.43. The smallest absolute Gasteiger partial charge is 0.232 e. The molecule has 7 nitrogen and oxygen atoms in total. The van der Waals surface area contributed by atoms with Crippen LogP contribution in [-0.2, 0) is 14.8 Å². The number of carbonyl (C=O) groups excluding carboxylic acids is 1. The molecule has 0 aliphatic carbocycles. The van der Waals surface area contributed by atoms with Crippen LogP contribution >= 0.6 is 0 Å². The second kappa shape index (κ2) is 9.59. The van der Waals surface area contributed by atoms with Gasteiger partial charge in [-0.25, -0.2) is 21.6 Å². The fourth-order valence-electron chi connectivity index (χ4n) is 3.76. The first kappa shape index (κ1) is 24.0. The highest BCUT2D eigenvalue weighted by Gasteiger charge is 2.27. The van der Waals surface area contributed by atoms with Crippen LogP contribution in [0.4, 0.5) is 24.5 Å². The number of nitrogens with zero attached hydrogens (tertiary/aromatic N) is 2. The van der Waals surface area contributed by atoms with Crippen LogP contribution in [0.2, 0.25) is 0 Å². The summed E-state index contributed by atoms with van der Waals surface area (Å²) in [4.78, 5) is 19.5. The number of sulfonamides is 1. The molecule has 11 heteroatoms. The molecule has 34 heavy (non-hydrogen) atoms. The van der Waals surface area contributed by atoms with Gasteiger partial charge in [-0.1, -0.05) is 6.92 Å². The van der Waals surface area contributed by atoms with E-state index in [0.29, 0.717) is 43.3 Å². The average Bonchev–Trinajstić information content (AvgIpc) is 2.82. The van der Waals surface area contributed by atoms with Gasteiger partial charge in [-0.2, -0.15) is 0 Å². The summed E-state index contributed by atoms with van der Waals surface area (Å²) >= 11 is 0. The maximum absolute atomic E-state index is 15.1. The van der Waals surface area contributed by atoms with E-state index in [1.807, 2.05) is 4.72 Å². The Labute approximate surface area is 194 Å². The van der Waals surface area contributed by atoms with Gasteiger partial charge in [0, 0.05) is 30.1 Å². The molecule has 2 aromatic carbocycles. The molecule has 0 saturated carbocycles. The molecule has 1 N–H and O–H groups in total. The minimum atomic E-state index is -4.00. The number of nitrogens with one attached hydrogen (secondary N) is 1. The number of benzene rings is 2. The molecule has 4 rings (SSSR count). The Morgan fingerprint density at radius 3 is 2.56 bits per heavy atom. The Morgan fingerprint density at radius 1 is 1.12 bits per heavy atom. The Bertz CT molecular complexity index is 1360. The zero-order valence-corrected chi connectivity index (χ0v) is 19.1. The van der Waals surface area contributed by atoms with Crippen molar-refractivity contribution in [1.29, 1.82) is 0 Å². The monoisotopic (exact) mass is 493 g/mol. The molecule has 0 amide bonds. The average molecular weight is 494 g/mol. The third kappa shape index (κ3) is 4.85. The summed E-state index contributed by atoms with van der Waals surface area (Å²) in [6, 6.07) is 6.45. The van der Waals surface area contributed by atoms with Crippen LogP contribution in [0.5, 0.6) is 0 Å². The normalized spacial score (nSPS) is 14.4. The van der Waals surface area contributed by atoms with E-state index < -0.39 is 44.5 Å². The summed E-state index contributed by atoms with van der Waals surface area (Å²) in [6.45, 7) is 4.07. The number of halogens is 3. The summed E-state index contributed by atoms with van der Waals surface area (Å²) in [7, 11) is -4.00. The SMILES string of the molecule is CCCS(=O)(=O)Nc1cc(F)c(F)c(C(=O)c2ccc3ncc(N4CCOCC4)cc3c2)c1F. The number of rotatable bonds is 7. The molecule has 1 fully saturated rings. The quantitative estimate of drug-likeness (QED) is 0.397. The topological polar surface area (TPSA) is 88.6 Å². The van der Waals surface area contributed by atoms with E-state index in [1.165, 1.54) is 18.2 Å². The van der Waals surface area contributed by atoms with Crippen molar-refractivity contribution in [2.24, 2.45) is 0 Å². The number of hydrogen-bond acceptors (Lipinski definition) is 6. The molecule has 2 heterocycles. The number of hydrogen-bond donors (Lipinski definition) is 1. The lowest BCUT2D eigenvalue weighted by Gasteiger charge is -2.28. The zero-order valence-electron chi connectivity index (χ0n) is 18.3. The second-order valence-electron chi connectivity index (χ2n) is 7.86. The van der Waals surface area contributed by atoms with E-state index in [-0.39, 0.29) is 17.7 Å². The van der Waals surface area contributed by atoms with E-state index in [1.54, 1.807) is 19.2 Å². The fourth-order valence-corrected chi connectivity index (χ4v) is 4.89. The van der Waals surface area contributed by atoms with Gasteiger partial charge in [-0.3, -0.25) is 14.5 Å². The van der Waals surface area contributed by atoms with Crippen molar-refractivity contribution in [2.45, 2.75) is 13.3 Å². The first-order chi connectivity index (χ1) is 16.2. The Morgan fingerprint density at radius 2 is 1.85 bits per heavy atom. The minimum Gasteiger partial charge on any atom is -0.378 e. The molecule has 1 aliphatic heterocycles. The lowest BCUT2D eigenvalue weighted by molar-refractivity contribution is 0.103. The molecule has 0 atom stereocenters. The number of anilines is 2. The van der Waals surface area contributed by atoms with Crippen LogP contribution < -0.4 is 9.62 Å². The van der Waals surface area contributed by atoms with Crippen molar-refractivity contribution in [2.75, 3.05) is 41.7 Å². The largest absolute Gasteiger partial charge is 0.378 e. The molecule has 180 valence electrons. The molecule has 3 aromatic rings. The molecule has 0 unspecified atom stereocenters. The van der Waals surface area contributed by atoms with Gasteiger partial charge in [0.1, 0.15) is 0 Å². The number of pyridine rings is 1. The van der Waals surface area contributed by atoms with Crippen LogP contribution in [0.25, 0.3) is 10.9 Å². The van der Waals surface area contributed by atoms with Crippen molar-refractivity contribution in [3.63, 3.8) is 0 Å². The van der Waals surface area contributed by atoms with E-state index in [2.05, 4.69) is 9.88 Å². The van der Waals surface area contributed by atoms with E-state index in [4.69, 9.17) is 4.74 Å².